The minimum Gasteiger partial charge on any atom is -0.871 e. The zero-order valence-corrected chi connectivity index (χ0v) is 23.9. The number of benzene rings is 2. The molecule has 2 amide bonds. The zero-order valence-electron chi connectivity index (χ0n) is 19.9. The number of aliphatic carboxylic acids is 1. The Kier molecular flexibility index (Phi) is 11.7. The summed E-state index contributed by atoms with van der Waals surface area (Å²) < 4.78 is 42.9. The van der Waals surface area contributed by atoms with Crippen LogP contribution >= 0.6 is 0 Å². The second kappa shape index (κ2) is 13.3. The van der Waals surface area contributed by atoms with E-state index in [4.69, 9.17) is 0 Å². The number of hydrogen-bond donors (Lipinski definition) is 2. The molecule has 0 bridgehead atoms. The van der Waals surface area contributed by atoms with Gasteiger partial charge < -0.3 is 30.2 Å². The number of carboxylic acids is 1. The minimum absolute atomic E-state index is 0. The second-order valence-electron chi connectivity index (χ2n) is 7.51. The number of halogens is 3. The van der Waals surface area contributed by atoms with E-state index in [-0.39, 0.29) is 75.8 Å². The van der Waals surface area contributed by atoms with Crippen LogP contribution in [0.2, 0.25) is 0 Å². The van der Waals surface area contributed by atoms with Crippen molar-refractivity contribution in [3.63, 3.8) is 0 Å². The average molecular weight is 519 g/mol. The van der Waals surface area contributed by atoms with Crippen molar-refractivity contribution >= 4 is 17.7 Å². The third-order valence-corrected chi connectivity index (χ3v) is 5.11. The molecular weight excluding hydrogens is 501 g/mol. The largest absolute Gasteiger partial charge is 1.00 e. The maximum atomic E-state index is 14.3. The number of urea groups is 1. The Morgan fingerprint density at radius 2 is 1.69 bits per heavy atom. The fraction of sp³-hybridized carbons (Fsp3) is 0.174. The first kappa shape index (κ1) is 31.7. The van der Waals surface area contributed by atoms with Crippen molar-refractivity contribution in [3.8, 4) is 16.9 Å². The molecule has 0 radical (unpaired) electrons. The molecular formula is C23H18F3N3Na2O5. The summed E-state index contributed by atoms with van der Waals surface area (Å²) in [6, 6.07) is 4.39. The quantitative estimate of drug-likeness (QED) is 0.320. The molecule has 0 aliphatic heterocycles. The van der Waals surface area contributed by atoms with Crippen LogP contribution in [0.25, 0.3) is 11.1 Å². The number of carbonyl (C=O) groups is 2. The summed E-state index contributed by atoms with van der Waals surface area (Å²) in [5, 5.41) is 27.7. The Hall–Kier alpha value is -2.28. The molecule has 36 heavy (non-hydrogen) atoms. The van der Waals surface area contributed by atoms with Gasteiger partial charge in [-0.15, -0.1) is 0 Å². The molecule has 0 aliphatic carbocycles. The summed E-state index contributed by atoms with van der Waals surface area (Å²) in [6.07, 6.45) is -0.807. The van der Waals surface area contributed by atoms with Crippen molar-refractivity contribution in [1.82, 2.24) is 9.88 Å². The molecule has 3 rings (SSSR count). The monoisotopic (exact) mass is 519 g/mol. The van der Waals surface area contributed by atoms with E-state index in [2.05, 4.69) is 10.6 Å². The average Bonchev–Trinajstić information content (AvgIpc) is 2.74. The fourth-order valence-corrected chi connectivity index (χ4v) is 3.33. The molecule has 178 valence electrons. The normalized spacial score (nSPS) is 11.0. The van der Waals surface area contributed by atoms with Crippen LogP contribution in [0.1, 0.15) is 23.7 Å². The van der Waals surface area contributed by atoms with Crippen LogP contribution in [0, 0.1) is 24.4 Å². The molecule has 0 saturated heterocycles. The van der Waals surface area contributed by atoms with E-state index in [0.29, 0.717) is 11.8 Å². The first-order valence-corrected chi connectivity index (χ1v) is 9.87. The number of pyridine rings is 1. The molecule has 0 fully saturated rings. The van der Waals surface area contributed by atoms with E-state index < -0.39 is 58.9 Å². The Balaban J connectivity index is 0.00000324. The van der Waals surface area contributed by atoms with Gasteiger partial charge in [0, 0.05) is 36.8 Å². The summed E-state index contributed by atoms with van der Waals surface area (Å²) in [7, 11) is 1.39. The molecule has 0 saturated carbocycles. The van der Waals surface area contributed by atoms with Crippen molar-refractivity contribution in [3.05, 3.63) is 81.5 Å². The number of carbonyl (C=O) groups excluding carboxylic acids is 2. The van der Waals surface area contributed by atoms with E-state index in [1.807, 2.05) is 0 Å². The van der Waals surface area contributed by atoms with Gasteiger partial charge in [-0.2, -0.15) is 0 Å². The molecule has 13 heteroatoms. The zero-order chi connectivity index (χ0) is 25.2. The van der Waals surface area contributed by atoms with Crippen LogP contribution in [0.15, 0.2) is 47.3 Å². The Bertz CT molecular complexity index is 1350. The summed E-state index contributed by atoms with van der Waals surface area (Å²) in [5.74, 6) is -5.05. The van der Waals surface area contributed by atoms with Crippen molar-refractivity contribution in [2.45, 2.75) is 19.4 Å². The van der Waals surface area contributed by atoms with Crippen LogP contribution in [0.5, 0.6) is 5.75 Å². The van der Waals surface area contributed by atoms with E-state index in [9.17, 15) is 37.8 Å². The van der Waals surface area contributed by atoms with Gasteiger partial charge >= 0.3 is 65.1 Å². The van der Waals surface area contributed by atoms with Gasteiger partial charge in [-0.05, 0) is 54.4 Å². The van der Waals surface area contributed by atoms with Crippen molar-refractivity contribution in [1.29, 1.82) is 0 Å². The van der Waals surface area contributed by atoms with Crippen molar-refractivity contribution < 1.29 is 92.1 Å². The number of nitrogens with one attached hydrogen (secondary N) is 2. The predicted octanol–water partition coefficient (Wildman–Crippen LogP) is -4.14. The van der Waals surface area contributed by atoms with Crippen LogP contribution in [0.3, 0.4) is 0 Å². The van der Waals surface area contributed by atoms with E-state index in [1.54, 1.807) is 0 Å². The van der Waals surface area contributed by atoms with E-state index in [0.717, 1.165) is 34.9 Å². The molecule has 3 aromatic rings. The van der Waals surface area contributed by atoms with Crippen LogP contribution in [0.4, 0.5) is 23.7 Å². The molecule has 0 spiro atoms. The molecule has 2 aromatic carbocycles. The number of aromatic nitrogens is 1. The number of anilines is 1. The van der Waals surface area contributed by atoms with Gasteiger partial charge in [0.05, 0.1) is 6.04 Å². The maximum Gasteiger partial charge on any atom is 1.00 e. The first-order valence-electron chi connectivity index (χ1n) is 9.87. The number of amides is 2. The van der Waals surface area contributed by atoms with E-state index in [1.165, 1.54) is 20.0 Å². The van der Waals surface area contributed by atoms with Crippen LogP contribution in [-0.2, 0) is 11.8 Å². The molecule has 2 N–H and O–H groups in total. The minimum atomic E-state index is -1.60. The summed E-state index contributed by atoms with van der Waals surface area (Å²) in [5.41, 5.74) is -1.25. The molecule has 8 nitrogen and oxygen atoms in total. The van der Waals surface area contributed by atoms with Gasteiger partial charge in [0.15, 0.2) is 0 Å². The maximum absolute atomic E-state index is 14.3. The van der Waals surface area contributed by atoms with Crippen molar-refractivity contribution in [2.24, 2.45) is 7.05 Å². The number of aryl methyl sites for hydroxylation is 1. The topological polar surface area (TPSA) is 126 Å². The van der Waals surface area contributed by atoms with Crippen LogP contribution < -0.4 is 85.5 Å². The second-order valence-corrected chi connectivity index (χ2v) is 7.51. The third-order valence-electron chi connectivity index (χ3n) is 5.11. The standard InChI is InChI=1S/C23H20F3N3O5.2Na/c1-11-5-19(30)21(22(33)29(11)2)28-23(34)27-18(10-20(31)32)13-6-12(7-15(25)8-13)16-4-3-14(24)9-17(16)26;;/h3-9,18,30H,10H2,1-2H3,(H,31,32)(H2,27,28,34);;/q;2*+1/p-2/t18-;;/m0../s1. The first-order chi connectivity index (χ1) is 16.0. The Morgan fingerprint density at radius 1 is 1.03 bits per heavy atom. The van der Waals surface area contributed by atoms with Gasteiger partial charge in [-0.25, -0.2) is 18.0 Å². The Morgan fingerprint density at radius 3 is 2.31 bits per heavy atom. The molecule has 1 atom stereocenters. The number of nitrogens with zero attached hydrogens (tertiary/aromatic N) is 1. The smallest absolute Gasteiger partial charge is 0.871 e. The summed E-state index contributed by atoms with van der Waals surface area (Å²) in [6.45, 7) is 1.52. The van der Waals surface area contributed by atoms with Crippen molar-refractivity contribution in [2.75, 3.05) is 5.32 Å². The summed E-state index contributed by atoms with van der Waals surface area (Å²) in [4.78, 5) is 36.0. The molecule has 1 aromatic heterocycles. The van der Waals surface area contributed by atoms with Gasteiger partial charge in [-0.1, -0.05) is 5.75 Å². The number of rotatable bonds is 6. The van der Waals surface area contributed by atoms with Gasteiger partial charge in [0.25, 0.3) is 5.56 Å². The SMILES string of the molecule is Cc1cc([O-])c(NC(=O)N[C@@H](CC(=O)[O-])c2cc(F)cc(-c3ccc(F)cc3F)c2)c(=O)n1C.[Na+].[Na+]. The fourth-order valence-electron chi connectivity index (χ4n) is 3.33. The van der Waals surface area contributed by atoms with Gasteiger partial charge in [-0.3, -0.25) is 4.79 Å². The third kappa shape index (κ3) is 7.61. The number of carboxylic acid groups (broad SMARTS) is 1. The number of hydrogen-bond acceptors (Lipinski definition) is 5. The predicted molar refractivity (Wildman–Crippen MR) is 112 cm³/mol. The van der Waals surface area contributed by atoms with E-state index >= 15 is 0 Å². The van der Waals surface area contributed by atoms with Gasteiger partial charge in [0.1, 0.15) is 23.1 Å². The molecule has 1 heterocycles. The van der Waals surface area contributed by atoms with Crippen LogP contribution in [-0.4, -0.2) is 16.6 Å². The molecule has 0 aliphatic rings. The molecule has 0 unspecified atom stereocenters. The summed E-state index contributed by atoms with van der Waals surface area (Å²) >= 11 is 0. The van der Waals surface area contributed by atoms with Gasteiger partial charge in [0.2, 0.25) is 0 Å². The Labute approximate surface area is 248 Å².